The molecular formula is C11H21NO3. The van der Waals surface area contributed by atoms with E-state index in [1.165, 1.54) is 0 Å². The molecule has 1 saturated heterocycles. The second-order valence-corrected chi connectivity index (χ2v) is 3.93. The van der Waals surface area contributed by atoms with Crippen molar-refractivity contribution in [3.8, 4) is 0 Å². The number of rotatable bonds is 7. The number of ketones is 1. The summed E-state index contributed by atoms with van der Waals surface area (Å²) >= 11 is 0. The standard InChI is InChI=1S/C11H21NO3/c1-3-12(7-10(13)9-14-2)8-11-5-4-6-15-11/h11H,3-9H2,1-2H3. The second kappa shape index (κ2) is 6.93. The van der Waals surface area contributed by atoms with Crippen molar-refractivity contribution in [3.05, 3.63) is 0 Å². The van der Waals surface area contributed by atoms with Crippen LogP contribution in [-0.2, 0) is 14.3 Å². The lowest BCUT2D eigenvalue weighted by atomic mass is 10.2. The van der Waals surface area contributed by atoms with Gasteiger partial charge >= 0.3 is 0 Å². The molecule has 0 aromatic heterocycles. The molecule has 1 heterocycles. The van der Waals surface area contributed by atoms with Gasteiger partial charge in [0.05, 0.1) is 12.6 Å². The van der Waals surface area contributed by atoms with Crippen molar-refractivity contribution >= 4 is 5.78 Å². The number of ether oxygens (including phenoxy) is 2. The van der Waals surface area contributed by atoms with E-state index in [2.05, 4.69) is 11.8 Å². The van der Waals surface area contributed by atoms with Crippen LogP contribution < -0.4 is 0 Å². The van der Waals surface area contributed by atoms with E-state index in [0.717, 1.165) is 32.5 Å². The minimum absolute atomic E-state index is 0.136. The first kappa shape index (κ1) is 12.6. The van der Waals surface area contributed by atoms with Crippen LogP contribution in [0.2, 0.25) is 0 Å². The number of likely N-dealkylation sites (N-methyl/N-ethyl adjacent to an activating group) is 1. The number of carbonyl (C=O) groups is 1. The van der Waals surface area contributed by atoms with Gasteiger partial charge in [-0.3, -0.25) is 9.69 Å². The van der Waals surface area contributed by atoms with Crippen LogP contribution in [0.5, 0.6) is 0 Å². The van der Waals surface area contributed by atoms with Crippen molar-refractivity contribution in [3.63, 3.8) is 0 Å². The summed E-state index contributed by atoms with van der Waals surface area (Å²) in [6.45, 7) is 5.37. The fourth-order valence-electron chi connectivity index (χ4n) is 1.84. The summed E-state index contributed by atoms with van der Waals surface area (Å²) in [5.74, 6) is 0.136. The van der Waals surface area contributed by atoms with E-state index in [1.54, 1.807) is 7.11 Å². The van der Waals surface area contributed by atoms with Gasteiger partial charge in [0.1, 0.15) is 6.61 Å². The largest absolute Gasteiger partial charge is 0.377 e. The summed E-state index contributed by atoms with van der Waals surface area (Å²) in [5.41, 5.74) is 0. The van der Waals surface area contributed by atoms with Crippen LogP contribution in [0.25, 0.3) is 0 Å². The molecule has 15 heavy (non-hydrogen) atoms. The molecule has 1 unspecified atom stereocenters. The Morgan fingerprint density at radius 1 is 1.60 bits per heavy atom. The third-order valence-electron chi connectivity index (χ3n) is 2.64. The van der Waals surface area contributed by atoms with Gasteiger partial charge in [-0.1, -0.05) is 6.92 Å². The van der Waals surface area contributed by atoms with Gasteiger partial charge in [-0.15, -0.1) is 0 Å². The summed E-state index contributed by atoms with van der Waals surface area (Å²) in [7, 11) is 1.55. The number of methoxy groups -OCH3 is 1. The Balaban J connectivity index is 2.24. The molecule has 88 valence electrons. The van der Waals surface area contributed by atoms with E-state index < -0.39 is 0 Å². The predicted octanol–water partition coefficient (Wildman–Crippen LogP) is 0.703. The number of carbonyl (C=O) groups excluding carboxylic acids is 1. The second-order valence-electron chi connectivity index (χ2n) is 3.93. The highest BCUT2D eigenvalue weighted by molar-refractivity contribution is 5.81. The Bertz CT molecular complexity index is 190. The molecule has 4 heteroatoms. The van der Waals surface area contributed by atoms with Crippen LogP contribution >= 0.6 is 0 Å². The summed E-state index contributed by atoms with van der Waals surface area (Å²) < 4.78 is 10.4. The third-order valence-corrected chi connectivity index (χ3v) is 2.64. The van der Waals surface area contributed by atoms with Crippen LogP contribution in [0.3, 0.4) is 0 Å². The molecular weight excluding hydrogens is 194 g/mol. The van der Waals surface area contributed by atoms with E-state index in [0.29, 0.717) is 12.6 Å². The lowest BCUT2D eigenvalue weighted by Crippen LogP contribution is -2.37. The highest BCUT2D eigenvalue weighted by atomic mass is 16.5. The first-order chi connectivity index (χ1) is 7.26. The molecule has 0 N–H and O–H groups in total. The Labute approximate surface area is 91.5 Å². The number of nitrogens with zero attached hydrogens (tertiary/aromatic N) is 1. The van der Waals surface area contributed by atoms with Crippen LogP contribution in [0.1, 0.15) is 19.8 Å². The minimum atomic E-state index is 0.136. The molecule has 1 atom stereocenters. The fourth-order valence-corrected chi connectivity index (χ4v) is 1.84. The maximum atomic E-state index is 11.4. The maximum absolute atomic E-state index is 11.4. The van der Waals surface area contributed by atoms with E-state index in [1.807, 2.05) is 0 Å². The summed E-state index contributed by atoms with van der Waals surface area (Å²) in [4.78, 5) is 13.5. The number of Topliss-reactive ketones (excluding diaryl/α,β-unsaturated/α-hetero) is 1. The Morgan fingerprint density at radius 3 is 2.93 bits per heavy atom. The third kappa shape index (κ3) is 4.73. The molecule has 1 fully saturated rings. The molecule has 0 aromatic carbocycles. The summed E-state index contributed by atoms with van der Waals surface area (Å²) in [6, 6.07) is 0. The SMILES string of the molecule is CCN(CC(=O)COC)CC1CCCO1. The number of hydrogen-bond acceptors (Lipinski definition) is 4. The van der Waals surface area contributed by atoms with Crippen molar-refractivity contribution in [2.24, 2.45) is 0 Å². The highest BCUT2D eigenvalue weighted by Crippen LogP contribution is 2.13. The van der Waals surface area contributed by atoms with Gasteiger partial charge in [-0.05, 0) is 19.4 Å². The Morgan fingerprint density at radius 2 is 2.40 bits per heavy atom. The smallest absolute Gasteiger partial charge is 0.172 e. The fraction of sp³-hybridized carbons (Fsp3) is 0.909. The van der Waals surface area contributed by atoms with Crippen molar-refractivity contribution in [1.29, 1.82) is 0 Å². The van der Waals surface area contributed by atoms with Gasteiger partial charge in [0.25, 0.3) is 0 Å². The zero-order chi connectivity index (χ0) is 11.1. The topological polar surface area (TPSA) is 38.8 Å². The Kier molecular flexibility index (Phi) is 5.83. The van der Waals surface area contributed by atoms with Crippen LogP contribution in [0, 0.1) is 0 Å². The lowest BCUT2D eigenvalue weighted by Gasteiger charge is -2.22. The molecule has 1 rings (SSSR count). The first-order valence-corrected chi connectivity index (χ1v) is 5.60. The maximum Gasteiger partial charge on any atom is 0.172 e. The van der Waals surface area contributed by atoms with Gasteiger partial charge < -0.3 is 9.47 Å². The van der Waals surface area contributed by atoms with Crippen molar-refractivity contribution in [2.45, 2.75) is 25.9 Å². The molecule has 0 aliphatic carbocycles. The van der Waals surface area contributed by atoms with Gasteiger partial charge in [-0.25, -0.2) is 0 Å². The predicted molar refractivity (Wildman–Crippen MR) is 58.0 cm³/mol. The summed E-state index contributed by atoms with van der Waals surface area (Å²) in [5, 5.41) is 0. The Hall–Kier alpha value is -0.450. The van der Waals surface area contributed by atoms with Crippen molar-refractivity contribution in [2.75, 3.05) is 40.0 Å². The van der Waals surface area contributed by atoms with Gasteiger partial charge in [-0.2, -0.15) is 0 Å². The van der Waals surface area contributed by atoms with Crippen molar-refractivity contribution < 1.29 is 14.3 Å². The van der Waals surface area contributed by atoms with Gasteiger partial charge in [0.2, 0.25) is 0 Å². The molecule has 0 saturated carbocycles. The monoisotopic (exact) mass is 215 g/mol. The molecule has 0 amide bonds. The first-order valence-electron chi connectivity index (χ1n) is 5.60. The molecule has 0 aromatic rings. The van der Waals surface area contributed by atoms with Crippen molar-refractivity contribution in [1.82, 2.24) is 4.90 Å². The van der Waals surface area contributed by atoms with E-state index in [9.17, 15) is 4.79 Å². The average Bonchev–Trinajstić information content (AvgIpc) is 2.70. The molecule has 1 aliphatic rings. The average molecular weight is 215 g/mol. The van der Waals surface area contributed by atoms with Gasteiger partial charge in [0.15, 0.2) is 5.78 Å². The molecule has 0 bridgehead atoms. The lowest BCUT2D eigenvalue weighted by molar-refractivity contribution is -0.124. The molecule has 0 spiro atoms. The number of hydrogen-bond donors (Lipinski definition) is 0. The van der Waals surface area contributed by atoms with Gasteiger partial charge in [0, 0.05) is 20.3 Å². The summed E-state index contributed by atoms with van der Waals surface area (Å²) in [6.07, 6.45) is 2.59. The van der Waals surface area contributed by atoms with Crippen LogP contribution in [-0.4, -0.2) is 56.7 Å². The quantitative estimate of drug-likeness (QED) is 0.627. The van der Waals surface area contributed by atoms with Crippen LogP contribution in [0.15, 0.2) is 0 Å². The van der Waals surface area contributed by atoms with E-state index >= 15 is 0 Å². The molecule has 1 aliphatic heterocycles. The molecule has 4 nitrogen and oxygen atoms in total. The normalized spacial score (nSPS) is 21.1. The van der Waals surface area contributed by atoms with E-state index in [4.69, 9.17) is 9.47 Å². The minimum Gasteiger partial charge on any atom is -0.377 e. The highest BCUT2D eigenvalue weighted by Gasteiger charge is 2.19. The zero-order valence-electron chi connectivity index (χ0n) is 9.70. The zero-order valence-corrected chi connectivity index (χ0v) is 9.70. The van der Waals surface area contributed by atoms with Crippen LogP contribution in [0.4, 0.5) is 0 Å². The van der Waals surface area contributed by atoms with E-state index in [-0.39, 0.29) is 12.4 Å². The molecule has 0 radical (unpaired) electrons.